The van der Waals surface area contributed by atoms with Crippen molar-refractivity contribution in [2.45, 2.75) is 50.2 Å². The fourth-order valence-corrected chi connectivity index (χ4v) is 4.30. The predicted molar refractivity (Wildman–Crippen MR) is 84.9 cm³/mol. The van der Waals surface area contributed by atoms with Crippen LogP contribution >= 0.6 is 23.5 Å². The Morgan fingerprint density at radius 2 is 2.35 bits per heavy atom. The molecule has 1 aliphatic rings. The molecule has 0 bridgehead atoms. The lowest BCUT2D eigenvalue weighted by atomic mass is 9.92. The Labute approximate surface area is 128 Å². The van der Waals surface area contributed by atoms with Gasteiger partial charge < -0.3 is 9.67 Å². The first-order valence-corrected chi connectivity index (χ1v) is 9.03. The van der Waals surface area contributed by atoms with Crippen LogP contribution in [0.3, 0.4) is 0 Å². The van der Waals surface area contributed by atoms with Gasteiger partial charge in [-0.2, -0.15) is 11.8 Å². The molecule has 6 heteroatoms. The van der Waals surface area contributed by atoms with Crippen LogP contribution in [0.2, 0.25) is 0 Å². The van der Waals surface area contributed by atoms with Gasteiger partial charge in [0.25, 0.3) is 0 Å². The summed E-state index contributed by atoms with van der Waals surface area (Å²) in [4.78, 5) is 15.3. The molecule has 1 unspecified atom stereocenters. The molecule has 2 heterocycles. The zero-order chi connectivity index (χ0) is 14.8. The average molecular weight is 314 g/mol. The molecule has 20 heavy (non-hydrogen) atoms. The van der Waals surface area contributed by atoms with Crippen LogP contribution in [0.1, 0.15) is 45.3 Å². The van der Waals surface area contributed by atoms with Gasteiger partial charge in [-0.15, -0.1) is 0 Å². The maximum Gasteiger partial charge on any atom is 0.313 e. The molecule has 0 aromatic carbocycles. The van der Waals surface area contributed by atoms with E-state index in [4.69, 9.17) is 5.11 Å². The van der Waals surface area contributed by atoms with Gasteiger partial charge in [0, 0.05) is 29.1 Å². The highest BCUT2D eigenvalue weighted by molar-refractivity contribution is 7.99. The van der Waals surface area contributed by atoms with Crippen molar-refractivity contribution in [3.63, 3.8) is 0 Å². The number of hydrogen-bond donors (Lipinski definition) is 1. The number of carboxylic acid groups (broad SMARTS) is 1. The predicted octanol–water partition coefficient (Wildman–Crippen LogP) is 3.43. The molecule has 1 aromatic rings. The minimum atomic E-state index is -0.792. The molecule has 112 valence electrons. The van der Waals surface area contributed by atoms with Crippen LogP contribution in [0.4, 0.5) is 0 Å². The van der Waals surface area contributed by atoms with Crippen molar-refractivity contribution >= 4 is 29.5 Å². The third-order valence-electron chi connectivity index (χ3n) is 3.36. The van der Waals surface area contributed by atoms with Gasteiger partial charge in [-0.1, -0.05) is 32.5 Å². The number of aliphatic carboxylic acids is 1. The third-order valence-corrected chi connectivity index (χ3v) is 5.51. The van der Waals surface area contributed by atoms with Gasteiger partial charge >= 0.3 is 5.97 Å². The van der Waals surface area contributed by atoms with Gasteiger partial charge in [-0.05, 0) is 18.6 Å². The van der Waals surface area contributed by atoms with E-state index < -0.39 is 5.97 Å². The number of aromatic nitrogens is 2. The molecular weight excluding hydrogens is 292 g/mol. The SMILES string of the molecule is CC(C)(C)c1cnc(SCC(=O)O)n1C1CCCSC1. The lowest BCUT2D eigenvalue weighted by Gasteiger charge is -2.30. The van der Waals surface area contributed by atoms with Gasteiger partial charge in [-0.25, -0.2) is 4.98 Å². The topological polar surface area (TPSA) is 55.1 Å². The molecule has 1 saturated heterocycles. The van der Waals surface area contributed by atoms with Gasteiger partial charge in [0.05, 0.1) is 5.75 Å². The Hall–Kier alpha value is -0.620. The van der Waals surface area contributed by atoms with Gasteiger partial charge in [0.15, 0.2) is 5.16 Å². The second-order valence-corrected chi connectivity index (χ2v) is 8.19. The molecule has 0 amide bonds. The average Bonchev–Trinajstić information content (AvgIpc) is 2.81. The minimum absolute atomic E-state index is 0.0249. The summed E-state index contributed by atoms with van der Waals surface area (Å²) in [7, 11) is 0. The Morgan fingerprint density at radius 1 is 1.60 bits per heavy atom. The van der Waals surface area contributed by atoms with E-state index in [0.29, 0.717) is 6.04 Å². The zero-order valence-electron chi connectivity index (χ0n) is 12.3. The zero-order valence-corrected chi connectivity index (χ0v) is 13.9. The molecule has 1 aliphatic heterocycles. The number of rotatable bonds is 4. The monoisotopic (exact) mass is 314 g/mol. The van der Waals surface area contributed by atoms with Crippen LogP contribution in [0.15, 0.2) is 11.4 Å². The summed E-state index contributed by atoms with van der Waals surface area (Å²) in [6, 6.07) is 0.446. The first kappa shape index (κ1) is 15.8. The van der Waals surface area contributed by atoms with Gasteiger partial charge in [0.1, 0.15) is 0 Å². The van der Waals surface area contributed by atoms with Crippen molar-refractivity contribution in [1.82, 2.24) is 9.55 Å². The summed E-state index contributed by atoms with van der Waals surface area (Å²) in [5, 5.41) is 9.73. The molecule has 0 radical (unpaired) electrons. The molecule has 0 saturated carbocycles. The smallest absolute Gasteiger partial charge is 0.313 e. The molecule has 0 spiro atoms. The maximum atomic E-state index is 10.8. The number of imidazole rings is 1. The molecular formula is C14H22N2O2S2. The number of nitrogens with zero attached hydrogens (tertiary/aromatic N) is 2. The van der Waals surface area contributed by atoms with E-state index in [1.54, 1.807) is 0 Å². The van der Waals surface area contributed by atoms with Crippen molar-refractivity contribution in [3.05, 3.63) is 11.9 Å². The van der Waals surface area contributed by atoms with E-state index in [1.165, 1.54) is 29.6 Å². The van der Waals surface area contributed by atoms with E-state index in [2.05, 4.69) is 30.3 Å². The van der Waals surface area contributed by atoms with Gasteiger partial charge in [0.2, 0.25) is 0 Å². The Morgan fingerprint density at radius 3 is 2.90 bits per heavy atom. The van der Waals surface area contributed by atoms with Crippen molar-refractivity contribution in [2.24, 2.45) is 0 Å². The molecule has 1 aromatic heterocycles. The van der Waals surface area contributed by atoms with Crippen molar-refractivity contribution in [3.8, 4) is 0 Å². The summed E-state index contributed by atoms with van der Waals surface area (Å²) in [5.74, 6) is 1.61. The van der Waals surface area contributed by atoms with Crippen molar-refractivity contribution in [2.75, 3.05) is 17.3 Å². The van der Waals surface area contributed by atoms with Crippen molar-refractivity contribution < 1.29 is 9.90 Å². The second kappa shape index (κ2) is 6.43. The molecule has 1 N–H and O–H groups in total. The maximum absolute atomic E-state index is 10.8. The van der Waals surface area contributed by atoms with Crippen molar-refractivity contribution in [1.29, 1.82) is 0 Å². The summed E-state index contributed by atoms with van der Waals surface area (Å²) in [6.07, 6.45) is 4.30. The normalized spacial score (nSPS) is 20.1. The highest BCUT2D eigenvalue weighted by Gasteiger charge is 2.27. The minimum Gasteiger partial charge on any atom is -0.481 e. The third kappa shape index (κ3) is 3.73. The lowest BCUT2D eigenvalue weighted by molar-refractivity contribution is -0.133. The largest absolute Gasteiger partial charge is 0.481 e. The van der Waals surface area contributed by atoms with Crippen LogP contribution in [-0.4, -0.2) is 37.9 Å². The molecule has 1 fully saturated rings. The number of carboxylic acids is 1. The van der Waals surface area contributed by atoms with E-state index >= 15 is 0 Å². The molecule has 4 nitrogen and oxygen atoms in total. The highest BCUT2D eigenvalue weighted by Crippen LogP contribution is 2.35. The summed E-state index contributed by atoms with van der Waals surface area (Å²) in [5.41, 5.74) is 1.23. The summed E-state index contributed by atoms with van der Waals surface area (Å²) in [6.45, 7) is 6.55. The van der Waals surface area contributed by atoms with Crippen LogP contribution in [-0.2, 0) is 10.2 Å². The quantitative estimate of drug-likeness (QED) is 0.863. The van der Waals surface area contributed by atoms with Crippen LogP contribution in [0.5, 0.6) is 0 Å². The Balaban J connectivity index is 2.31. The van der Waals surface area contributed by atoms with Crippen LogP contribution in [0.25, 0.3) is 0 Å². The lowest BCUT2D eigenvalue weighted by Crippen LogP contribution is -2.25. The van der Waals surface area contributed by atoms with E-state index in [0.717, 1.165) is 17.3 Å². The van der Waals surface area contributed by atoms with E-state index in [1.807, 2.05) is 18.0 Å². The summed E-state index contributed by atoms with van der Waals surface area (Å²) >= 11 is 3.31. The fourth-order valence-electron chi connectivity index (χ4n) is 2.41. The highest BCUT2D eigenvalue weighted by atomic mass is 32.2. The number of hydrogen-bond acceptors (Lipinski definition) is 4. The summed E-state index contributed by atoms with van der Waals surface area (Å²) < 4.78 is 2.29. The van der Waals surface area contributed by atoms with Crippen LogP contribution in [0, 0.1) is 0 Å². The second-order valence-electron chi connectivity index (χ2n) is 6.10. The standard InChI is InChI=1S/C14H22N2O2S2/c1-14(2,3)11-7-15-13(20-9-12(17)18)16(11)10-5-4-6-19-8-10/h7,10H,4-6,8-9H2,1-3H3,(H,17,18). The Bertz CT molecular complexity index is 474. The number of carbonyl (C=O) groups is 1. The van der Waals surface area contributed by atoms with Gasteiger partial charge in [-0.3, -0.25) is 4.79 Å². The molecule has 2 rings (SSSR count). The van der Waals surface area contributed by atoms with E-state index in [9.17, 15) is 4.79 Å². The first-order valence-electron chi connectivity index (χ1n) is 6.89. The van der Waals surface area contributed by atoms with Crippen LogP contribution < -0.4 is 0 Å². The molecule has 0 aliphatic carbocycles. The number of thioether (sulfide) groups is 2. The first-order chi connectivity index (χ1) is 9.39. The fraction of sp³-hybridized carbons (Fsp3) is 0.714. The molecule has 1 atom stereocenters. The van der Waals surface area contributed by atoms with E-state index in [-0.39, 0.29) is 11.2 Å². The Kier molecular flexibility index (Phi) is 5.07.